The van der Waals surface area contributed by atoms with Crippen molar-refractivity contribution in [3.05, 3.63) is 80.8 Å². The zero-order valence-electron chi connectivity index (χ0n) is 20.4. The lowest BCUT2D eigenvalue weighted by Gasteiger charge is -2.19. The van der Waals surface area contributed by atoms with Crippen molar-refractivity contribution in [2.24, 2.45) is 5.84 Å². The number of nitrogens with one attached hydrogen (secondary N) is 1. The second-order valence-corrected chi connectivity index (χ2v) is 9.10. The largest absolute Gasteiger partial charge is 0.345 e. The van der Waals surface area contributed by atoms with Crippen molar-refractivity contribution >= 4 is 16.8 Å². The average Bonchev–Trinajstić information content (AvgIpc) is 3.12. The molecule has 1 amide bonds. The van der Waals surface area contributed by atoms with Crippen LogP contribution in [0.1, 0.15) is 58.5 Å². The van der Waals surface area contributed by atoms with E-state index in [2.05, 4.69) is 45.6 Å². The Morgan fingerprint density at radius 2 is 1.88 bits per heavy atom. The molecule has 0 spiro atoms. The quantitative estimate of drug-likeness (QED) is 0.266. The van der Waals surface area contributed by atoms with E-state index in [1.54, 1.807) is 6.20 Å². The van der Waals surface area contributed by atoms with Gasteiger partial charge in [0.05, 0.1) is 17.8 Å². The van der Waals surface area contributed by atoms with Crippen molar-refractivity contribution < 1.29 is 4.79 Å². The van der Waals surface area contributed by atoms with Crippen molar-refractivity contribution in [3.8, 4) is 11.3 Å². The van der Waals surface area contributed by atoms with Gasteiger partial charge in [0, 0.05) is 46.2 Å². The number of hydrazine groups is 1. The molecule has 4 aromatic rings. The number of aryl methyl sites for hydroxylation is 4. The number of benzene rings is 1. The van der Waals surface area contributed by atoms with Crippen molar-refractivity contribution in [2.45, 2.75) is 54.1 Å². The van der Waals surface area contributed by atoms with E-state index in [0.717, 1.165) is 44.0 Å². The summed E-state index contributed by atoms with van der Waals surface area (Å²) >= 11 is 0. The van der Waals surface area contributed by atoms with Gasteiger partial charge < -0.3 is 9.55 Å². The molecule has 0 saturated carbocycles. The monoisotopic (exact) mass is 458 g/mol. The van der Waals surface area contributed by atoms with Crippen LogP contribution in [-0.4, -0.2) is 30.4 Å². The summed E-state index contributed by atoms with van der Waals surface area (Å²) in [6, 6.07) is 7.78. The van der Waals surface area contributed by atoms with Crippen LogP contribution >= 0.6 is 0 Å². The van der Waals surface area contributed by atoms with Gasteiger partial charge in [0.2, 0.25) is 0 Å². The highest BCUT2D eigenvalue weighted by Crippen LogP contribution is 2.33. The minimum atomic E-state index is -0.360. The summed E-state index contributed by atoms with van der Waals surface area (Å²) in [5.41, 5.74) is 5.71. The summed E-state index contributed by atoms with van der Waals surface area (Å²) in [5.74, 6) is 6.57. The zero-order valence-corrected chi connectivity index (χ0v) is 20.4. The number of nitrogens with two attached hydrogens (primary N) is 1. The maximum absolute atomic E-state index is 13.7. The van der Waals surface area contributed by atoms with Gasteiger partial charge >= 0.3 is 0 Å². The second-order valence-electron chi connectivity index (χ2n) is 9.10. The summed E-state index contributed by atoms with van der Waals surface area (Å²) in [6.45, 7) is 11.7. The Balaban J connectivity index is 1.86. The molecule has 176 valence electrons. The molecule has 3 N–H and O–H groups in total. The first-order valence-corrected chi connectivity index (χ1v) is 11.3. The first-order chi connectivity index (χ1) is 16.1. The predicted octanol–water partition coefficient (Wildman–Crippen LogP) is 4.12. The predicted molar refractivity (Wildman–Crippen MR) is 133 cm³/mol. The van der Waals surface area contributed by atoms with E-state index in [9.17, 15) is 9.59 Å². The molecular formula is C26H30N6O2. The number of hydrogen-bond acceptors (Lipinski definition) is 5. The van der Waals surface area contributed by atoms with E-state index in [1.165, 1.54) is 0 Å². The topological polar surface area (TPSA) is 110 Å². The third-order valence-electron chi connectivity index (χ3n) is 6.06. The fourth-order valence-electron chi connectivity index (χ4n) is 4.42. The molecule has 8 nitrogen and oxygen atoms in total. The van der Waals surface area contributed by atoms with Crippen LogP contribution in [0.2, 0.25) is 0 Å². The lowest BCUT2D eigenvalue weighted by atomic mass is 10.00. The van der Waals surface area contributed by atoms with Crippen LogP contribution in [0.4, 0.5) is 0 Å². The zero-order chi connectivity index (χ0) is 24.7. The van der Waals surface area contributed by atoms with E-state index in [1.807, 2.05) is 45.9 Å². The van der Waals surface area contributed by atoms with Gasteiger partial charge in [0.1, 0.15) is 5.82 Å². The summed E-state index contributed by atoms with van der Waals surface area (Å²) in [4.78, 5) is 37.7. The molecule has 1 aromatic carbocycles. The number of H-pyrrole nitrogens is 1. The molecule has 8 heteroatoms. The van der Waals surface area contributed by atoms with Crippen LogP contribution < -0.4 is 11.4 Å². The average molecular weight is 459 g/mol. The molecule has 3 aromatic heterocycles. The molecule has 34 heavy (non-hydrogen) atoms. The van der Waals surface area contributed by atoms with E-state index >= 15 is 0 Å². The molecule has 0 atom stereocenters. The fourth-order valence-corrected chi connectivity index (χ4v) is 4.42. The minimum absolute atomic E-state index is 0.00253. The summed E-state index contributed by atoms with van der Waals surface area (Å²) in [5, 5.41) is 1.96. The van der Waals surface area contributed by atoms with Crippen LogP contribution in [-0.2, 0) is 6.54 Å². The molecule has 0 fully saturated rings. The SMILES string of the molecule is Cc1nccc(-c2cc(C(=O)N(N)Cc3c(C)cc(C)[nH]c3=O)c3c(C)cn(C(C)C)c3c2)n1. The summed E-state index contributed by atoms with van der Waals surface area (Å²) in [7, 11) is 0. The van der Waals surface area contributed by atoms with E-state index < -0.39 is 0 Å². The molecule has 0 bridgehead atoms. The molecule has 3 heterocycles. The van der Waals surface area contributed by atoms with Gasteiger partial charge in [-0.05, 0) is 76.9 Å². The standard InChI is InChI=1S/C26H30N6O2/c1-14(2)31-12-16(4)24-20(10-19(11-23(24)31)22-7-8-28-18(6)30-22)26(34)32(27)13-21-15(3)9-17(5)29-25(21)33/h7-12,14H,13,27H2,1-6H3,(H,29,33). The van der Waals surface area contributed by atoms with Gasteiger partial charge in [0.15, 0.2) is 0 Å². The van der Waals surface area contributed by atoms with Crippen molar-refractivity contribution in [1.82, 2.24) is 24.5 Å². The van der Waals surface area contributed by atoms with Gasteiger partial charge in [0.25, 0.3) is 11.5 Å². The number of aromatic amines is 1. The Labute approximate surface area is 198 Å². The number of nitrogens with zero attached hydrogens (tertiary/aromatic N) is 4. The Kier molecular flexibility index (Phi) is 6.10. The Morgan fingerprint density at radius 1 is 1.15 bits per heavy atom. The van der Waals surface area contributed by atoms with Gasteiger partial charge in [-0.3, -0.25) is 14.6 Å². The first kappa shape index (κ1) is 23.4. The van der Waals surface area contributed by atoms with E-state index in [-0.39, 0.29) is 24.1 Å². The second kappa shape index (κ2) is 8.87. The smallest absolute Gasteiger partial charge is 0.268 e. The number of hydrogen-bond donors (Lipinski definition) is 2. The summed E-state index contributed by atoms with van der Waals surface area (Å²) in [6.07, 6.45) is 3.76. The third kappa shape index (κ3) is 4.24. The van der Waals surface area contributed by atoms with Gasteiger partial charge in [-0.15, -0.1) is 0 Å². The maximum Gasteiger partial charge on any atom is 0.268 e. The van der Waals surface area contributed by atoms with Crippen molar-refractivity contribution in [1.29, 1.82) is 0 Å². The number of pyridine rings is 1. The van der Waals surface area contributed by atoms with Gasteiger partial charge in [-0.2, -0.15) is 0 Å². The van der Waals surface area contributed by atoms with Gasteiger partial charge in [-0.1, -0.05) is 0 Å². The summed E-state index contributed by atoms with van der Waals surface area (Å²) < 4.78 is 2.15. The van der Waals surface area contributed by atoms with Crippen LogP contribution in [0.5, 0.6) is 0 Å². The third-order valence-corrected chi connectivity index (χ3v) is 6.06. The van der Waals surface area contributed by atoms with Crippen LogP contribution in [0.15, 0.2) is 41.5 Å². The number of amides is 1. The maximum atomic E-state index is 13.7. The molecular weight excluding hydrogens is 428 g/mol. The molecule has 0 unspecified atom stereocenters. The van der Waals surface area contributed by atoms with Crippen molar-refractivity contribution in [3.63, 3.8) is 0 Å². The Morgan fingerprint density at radius 3 is 2.53 bits per heavy atom. The van der Waals surface area contributed by atoms with Crippen LogP contribution in [0.3, 0.4) is 0 Å². The molecule has 0 radical (unpaired) electrons. The normalized spacial score (nSPS) is 11.4. The number of fused-ring (bicyclic) bond motifs is 1. The minimum Gasteiger partial charge on any atom is -0.345 e. The number of carbonyl (C=O) groups excluding carboxylic acids is 1. The number of carbonyl (C=O) groups is 1. The van der Waals surface area contributed by atoms with Crippen molar-refractivity contribution in [2.75, 3.05) is 0 Å². The van der Waals surface area contributed by atoms with Crippen LogP contribution in [0.25, 0.3) is 22.2 Å². The molecule has 0 saturated heterocycles. The first-order valence-electron chi connectivity index (χ1n) is 11.3. The molecule has 0 aliphatic heterocycles. The van der Waals surface area contributed by atoms with E-state index in [4.69, 9.17) is 5.84 Å². The Hall–Kier alpha value is -3.78. The number of rotatable bonds is 5. The lowest BCUT2D eigenvalue weighted by molar-refractivity contribution is 0.0744. The highest BCUT2D eigenvalue weighted by Gasteiger charge is 2.23. The van der Waals surface area contributed by atoms with E-state index in [0.29, 0.717) is 17.0 Å². The lowest BCUT2D eigenvalue weighted by Crippen LogP contribution is -2.39. The highest BCUT2D eigenvalue weighted by molar-refractivity contribution is 6.09. The molecule has 0 aliphatic carbocycles. The van der Waals surface area contributed by atoms with Gasteiger partial charge in [-0.25, -0.2) is 15.8 Å². The molecule has 0 aliphatic rings. The van der Waals surface area contributed by atoms with Crippen LogP contribution in [0, 0.1) is 27.7 Å². The molecule has 4 rings (SSSR count). The number of aromatic nitrogens is 4. The fraction of sp³-hybridized carbons (Fsp3) is 0.308. The Bertz CT molecular complexity index is 1460. The highest BCUT2D eigenvalue weighted by atomic mass is 16.2.